The molecule has 2 heterocycles. The SMILES string of the molecule is CCNc1nc(C)nc(N2CCC(C(C)C)CC2)c1C. The summed E-state index contributed by atoms with van der Waals surface area (Å²) in [7, 11) is 0. The number of rotatable bonds is 4. The summed E-state index contributed by atoms with van der Waals surface area (Å²) < 4.78 is 0. The fourth-order valence-electron chi connectivity index (χ4n) is 3.04. The third-order valence-corrected chi connectivity index (χ3v) is 4.36. The summed E-state index contributed by atoms with van der Waals surface area (Å²) in [5.74, 6) is 4.62. The summed E-state index contributed by atoms with van der Waals surface area (Å²) in [5, 5.41) is 3.35. The van der Waals surface area contributed by atoms with Crippen molar-refractivity contribution in [3.8, 4) is 0 Å². The molecule has 0 amide bonds. The van der Waals surface area contributed by atoms with Crippen molar-refractivity contribution < 1.29 is 0 Å². The first-order chi connectivity index (χ1) is 9.52. The maximum absolute atomic E-state index is 4.68. The monoisotopic (exact) mass is 276 g/mol. The van der Waals surface area contributed by atoms with E-state index in [4.69, 9.17) is 0 Å². The van der Waals surface area contributed by atoms with Crippen molar-refractivity contribution in [1.82, 2.24) is 9.97 Å². The molecule has 0 saturated carbocycles. The summed E-state index contributed by atoms with van der Waals surface area (Å²) >= 11 is 0. The molecule has 1 N–H and O–H groups in total. The van der Waals surface area contributed by atoms with Crippen LogP contribution in [0.15, 0.2) is 0 Å². The molecule has 112 valence electrons. The molecule has 4 nitrogen and oxygen atoms in total. The van der Waals surface area contributed by atoms with Crippen LogP contribution < -0.4 is 10.2 Å². The average molecular weight is 276 g/mol. The number of hydrogen-bond donors (Lipinski definition) is 1. The summed E-state index contributed by atoms with van der Waals surface area (Å²) in [5.41, 5.74) is 1.18. The van der Waals surface area contributed by atoms with Crippen LogP contribution in [0, 0.1) is 25.7 Å². The molecule has 2 rings (SSSR count). The Labute approximate surface area is 123 Å². The van der Waals surface area contributed by atoms with Crippen LogP contribution in [0.25, 0.3) is 0 Å². The molecule has 0 radical (unpaired) electrons. The summed E-state index contributed by atoms with van der Waals surface area (Å²) in [6.07, 6.45) is 2.55. The number of hydrogen-bond acceptors (Lipinski definition) is 4. The van der Waals surface area contributed by atoms with E-state index in [9.17, 15) is 0 Å². The highest BCUT2D eigenvalue weighted by Crippen LogP contribution is 2.30. The van der Waals surface area contributed by atoms with Gasteiger partial charge in [-0.3, -0.25) is 0 Å². The third kappa shape index (κ3) is 3.22. The van der Waals surface area contributed by atoms with Gasteiger partial charge in [0.05, 0.1) is 0 Å². The second kappa shape index (κ2) is 6.42. The van der Waals surface area contributed by atoms with Crippen LogP contribution in [0.4, 0.5) is 11.6 Å². The van der Waals surface area contributed by atoms with Crippen molar-refractivity contribution in [2.45, 2.75) is 47.5 Å². The molecule has 1 aromatic rings. The maximum atomic E-state index is 4.68. The lowest BCUT2D eigenvalue weighted by Gasteiger charge is -2.35. The van der Waals surface area contributed by atoms with Crippen molar-refractivity contribution in [2.24, 2.45) is 11.8 Å². The van der Waals surface area contributed by atoms with E-state index >= 15 is 0 Å². The average Bonchev–Trinajstić information content (AvgIpc) is 2.43. The van der Waals surface area contributed by atoms with E-state index < -0.39 is 0 Å². The predicted molar refractivity (Wildman–Crippen MR) is 85.4 cm³/mol. The summed E-state index contributed by atoms with van der Waals surface area (Å²) in [4.78, 5) is 11.6. The van der Waals surface area contributed by atoms with Gasteiger partial charge in [-0.2, -0.15) is 0 Å². The number of nitrogens with one attached hydrogen (secondary N) is 1. The normalized spacial score (nSPS) is 16.8. The molecule has 0 bridgehead atoms. The molecule has 0 atom stereocenters. The molecule has 1 aromatic heterocycles. The minimum Gasteiger partial charge on any atom is -0.370 e. The lowest BCUT2D eigenvalue weighted by Crippen LogP contribution is -2.36. The minimum atomic E-state index is 0.794. The first kappa shape index (κ1) is 15.1. The molecule has 20 heavy (non-hydrogen) atoms. The van der Waals surface area contributed by atoms with Gasteiger partial charge < -0.3 is 10.2 Å². The van der Waals surface area contributed by atoms with Crippen molar-refractivity contribution >= 4 is 11.6 Å². The Hall–Kier alpha value is -1.32. The Morgan fingerprint density at radius 2 is 1.85 bits per heavy atom. The topological polar surface area (TPSA) is 41.1 Å². The molecule has 0 aromatic carbocycles. The van der Waals surface area contributed by atoms with Gasteiger partial charge in [0.15, 0.2) is 0 Å². The molecule has 1 aliphatic rings. The molecule has 0 aliphatic carbocycles. The van der Waals surface area contributed by atoms with E-state index in [-0.39, 0.29) is 0 Å². The van der Waals surface area contributed by atoms with Crippen LogP contribution in [0.5, 0.6) is 0 Å². The van der Waals surface area contributed by atoms with E-state index in [2.05, 4.69) is 47.9 Å². The van der Waals surface area contributed by atoms with Crippen LogP contribution in [-0.2, 0) is 0 Å². The molecule has 1 saturated heterocycles. The number of aromatic nitrogens is 2. The Morgan fingerprint density at radius 3 is 2.40 bits per heavy atom. The quantitative estimate of drug-likeness (QED) is 0.915. The largest absolute Gasteiger partial charge is 0.370 e. The van der Waals surface area contributed by atoms with Gasteiger partial charge in [0.25, 0.3) is 0 Å². The van der Waals surface area contributed by atoms with Crippen LogP contribution in [-0.4, -0.2) is 29.6 Å². The number of aryl methyl sites for hydroxylation is 1. The van der Waals surface area contributed by atoms with Gasteiger partial charge in [0, 0.05) is 25.2 Å². The zero-order valence-corrected chi connectivity index (χ0v) is 13.5. The summed E-state index contributed by atoms with van der Waals surface area (Å²) in [6, 6.07) is 0. The Bertz CT molecular complexity index is 448. The van der Waals surface area contributed by atoms with Gasteiger partial charge in [-0.15, -0.1) is 0 Å². The molecule has 0 spiro atoms. The first-order valence-electron chi connectivity index (χ1n) is 7.87. The van der Waals surface area contributed by atoms with Gasteiger partial charge in [0.1, 0.15) is 17.5 Å². The highest BCUT2D eigenvalue weighted by Gasteiger charge is 2.24. The smallest absolute Gasteiger partial charge is 0.137 e. The molecule has 1 fully saturated rings. The van der Waals surface area contributed by atoms with E-state index in [1.165, 1.54) is 18.4 Å². The molecule has 1 aliphatic heterocycles. The Morgan fingerprint density at radius 1 is 1.20 bits per heavy atom. The zero-order valence-electron chi connectivity index (χ0n) is 13.5. The second-order valence-electron chi connectivity index (χ2n) is 6.17. The zero-order chi connectivity index (χ0) is 14.7. The second-order valence-corrected chi connectivity index (χ2v) is 6.17. The van der Waals surface area contributed by atoms with Gasteiger partial charge in [-0.25, -0.2) is 9.97 Å². The van der Waals surface area contributed by atoms with Crippen LogP contribution in [0.2, 0.25) is 0 Å². The standard InChI is InChI=1S/C16H28N4/c1-6-17-15-12(4)16(19-13(5)18-15)20-9-7-14(8-10-20)11(2)3/h11,14H,6-10H2,1-5H3,(H,17,18,19). The fraction of sp³-hybridized carbons (Fsp3) is 0.750. The molecular weight excluding hydrogens is 248 g/mol. The minimum absolute atomic E-state index is 0.794. The number of piperidine rings is 1. The van der Waals surface area contributed by atoms with Crippen LogP contribution in [0.1, 0.15) is 45.0 Å². The highest BCUT2D eigenvalue weighted by molar-refractivity contribution is 5.58. The Balaban J connectivity index is 2.17. The maximum Gasteiger partial charge on any atom is 0.137 e. The number of anilines is 2. The first-order valence-corrected chi connectivity index (χ1v) is 7.87. The van der Waals surface area contributed by atoms with Crippen LogP contribution >= 0.6 is 0 Å². The number of nitrogens with zero attached hydrogens (tertiary/aromatic N) is 3. The van der Waals surface area contributed by atoms with Crippen molar-refractivity contribution in [2.75, 3.05) is 29.9 Å². The predicted octanol–water partition coefficient (Wildman–Crippen LogP) is 3.40. The highest BCUT2D eigenvalue weighted by atomic mass is 15.2. The van der Waals surface area contributed by atoms with Crippen LogP contribution in [0.3, 0.4) is 0 Å². The lowest BCUT2D eigenvalue weighted by atomic mass is 9.86. The van der Waals surface area contributed by atoms with Gasteiger partial charge in [-0.1, -0.05) is 13.8 Å². The Kier molecular flexibility index (Phi) is 4.84. The fourth-order valence-corrected chi connectivity index (χ4v) is 3.04. The lowest BCUT2D eigenvalue weighted by molar-refractivity contribution is 0.310. The van der Waals surface area contributed by atoms with Crippen molar-refractivity contribution in [1.29, 1.82) is 0 Å². The third-order valence-electron chi connectivity index (χ3n) is 4.36. The van der Waals surface area contributed by atoms with Gasteiger partial charge >= 0.3 is 0 Å². The van der Waals surface area contributed by atoms with Gasteiger partial charge in [-0.05, 0) is 45.4 Å². The van der Waals surface area contributed by atoms with E-state index in [0.29, 0.717) is 0 Å². The van der Waals surface area contributed by atoms with E-state index in [1.54, 1.807) is 0 Å². The van der Waals surface area contributed by atoms with Gasteiger partial charge in [0.2, 0.25) is 0 Å². The molecule has 0 unspecified atom stereocenters. The van der Waals surface area contributed by atoms with E-state index in [1.807, 2.05) is 6.92 Å². The van der Waals surface area contributed by atoms with Crippen molar-refractivity contribution in [3.63, 3.8) is 0 Å². The van der Waals surface area contributed by atoms with Crippen molar-refractivity contribution in [3.05, 3.63) is 11.4 Å². The summed E-state index contributed by atoms with van der Waals surface area (Å²) in [6.45, 7) is 14.0. The molecule has 4 heteroatoms. The molecular formula is C16H28N4. The van der Waals surface area contributed by atoms with E-state index in [0.717, 1.165) is 48.9 Å².